The van der Waals surface area contributed by atoms with Crippen LogP contribution >= 0.6 is 0 Å². The number of hydrogen-bond acceptors (Lipinski definition) is 2. The van der Waals surface area contributed by atoms with Gasteiger partial charge in [-0.25, -0.2) is 0 Å². The number of hydrogen-bond donors (Lipinski definition) is 0. The normalized spacial score (nSPS) is 10.4. The Labute approximate surface area is 149 Å². The average molecular weight is 330 g/mol. The van der Waals surface area contributed by atoms with Crippen LogP contribution in [0.15, 0.2) is 85.4 Å². The van der Waals surface area contributed by atoms with Gasteiger partial charge < -0.3 is 9.47 Å². The van der Waals surface area contributed by atoms with E-state index in [2.05, 4.69) is 36.9 Å². The Morgan fingerprint density at radius 2 is 1.48 bits per heavy atom. The molecule has 0 bridgehead atoms. The van der Waals surface area contributed by atoms with Crippen molar-refractivity contribution < 1.29 is 9.47 Å². The molecule has 0 fully saturated rings. The summed E-state index contributed by atoms with van der Waals surface area (Å²) in [5.41, 5.74) is 4.52. The molecule has 0 aliphatic rings. The van der Waals surface area contributed by atoms with Gasteiger partial charge >= 0.3 is 0 Å². The van der Waals surface area contributed by atoms with Gasteiger partial charge in [0.15, 0.2) is 0 Å². The number of benzene rings is 3. The molecule has 3 aromatic carbocycles. The summed E-state index contributed by atoms with van der Waals surface area (Å²) in [4.78, 5) is 0. The lowest BCUT2D eigenvalue weighted by Crippen LogP contribution is -2.07. The smallest absolute Gasteiger partial charge is 0.127 e. The van der Waals surface area contributed by atoms with Crippen LogP contribution in [0.25, 0.3) is 17.2 Å². The highest BCUT2D eigenvalue weighted by atomic mass is 16.5. The molecule has 25 heavy (non-hydrogen) atoms. The zero-order valence-corrected chi connectivity index (χ0v) is 14.2. The van der Waals surface area contributed by atoms with Crippen LogP contribution in [0.4, 0.5) is 0 Å². The first-order chi connectivity index (χ1) is 12.4. The lowest BCUT2D eigenvalue weighted by molar-refractivity contribution is 0.0891. The molecule has 3 rings (SSSR count). The lowest BCUT2D eigenvalue weighted by atomic mass is 10.1. The summed E-state index contributed by atoms with van der Waals surface area (Å²) in [6.45, 7) is 5.41. The van der Waals surface area contributed by atoms with Crippen molar-refractivity contribution in [2.75, 3.05) is 13.2 Å². The van der Waals surface area contributed by atoms with Crippen molar-refractivity contribution in [1.82, 2.24) is 0 Å². The van der Waals surface area contributed by atoms with Gasteiger partial charge in [0, 0.05) is 5.56 Å². The lowest BCUT2D eigenvalue weighted by Gasteiger charge is -2.12. The molecule has 0 radical (unpaired) electrons. The molecule has 2 heteroatoms. The molecule has 0 aliphatic heterocycles. The van der Waals surface area contributed by atoms with Gasteiger partial charge in [0.1, 0.15) is 12.4 Å². The molecular formula is C23H22O2. The second kappa shape index (κ2) is 8.86. The molecule has 0 aromatic heterocycles. The highest BCUT2D eigenvalue weighted by Gasteiger charge is 2.05. The van der Waals surface area contributed by atoms with Gasteiger partial charge in [-0.05, 0) is 22.8 Å². The molecule has 3 aromatic rings. The largest absolute Gasteiger partial charge is 0.491 e. The molecular weight excluding hydrogens is 308 g/mol. The molecule has 0 saturated carbocycles. The Morgan fingerprint density at radius 3 is 2.24 bits per heavy atom. The highest BCUT2D eigenvalue weighted by molar-refractivity contribution is 5.70. The molecule has 2 nitrogen and oxygen atoms in total. The fourth-order valence-electron chi connectivity index (χ4n) is 2.60. The Balaban J connectivity index is 1.50. The minimum Gasteiger partial charge on any atom is -0.491 e. The summed E-state index contributed by atoms with van der Waals surface area (Å²) in [7, 11) is 0. The van der Waals surface area contributed by atoms with Crippen LogP contribution in [0.1, 0.15) is 11.1 Å². The maximum atomic E-state index is 5.93. The van der Waals surface area contributed by atoms with E-state index < -0.39 is 0 Å². The summed E-state index contributed by atoms with van der Waals surface area (Å²) in [5, 5.41) is 0. The van der Waals surface area contributed by atoms with Crippen molar-refractivity contribution >= 4 is 6.08 Å². The molecule has 0 saturated heterocycles. The van der Waals surface area contributed by atoms with Gasteiger partial charge in [0.2, 0.25) is 0 Å². The zero-order chi connectivity index (χ0) is 17.3. The summed E-state index contributed by atoms with van der Waals surface area (Å²) < 4.78 is 11.6. The van der Waals surface area contributed by atoms with Crippen LogP contribution in [-0.4, -0.2) is 13.2 Å². The third-order valence-corrected chi connectivity index (χ3v) is 3.94. The molecule has 0 unspecified atom stereocenters. The van der Waals surface area contributed by atoms with Gasteiger partial charge in [-0.15, -0.1) is 0 Å². The molecule has 0 heterocycles. The Morgan fingerprint density at radius 1 is 0.760 bits per heavy atom. The maximum Gasteiger partial charge on any atom is 0.127 e. The van der Waals surface area contributed by atoms with E-state index >= 15 is 0 Å². The number of para-hydroxylation sites is 1. The molecule has 0 atom stereocenters. The third-order valence-electron chi connectivity index (χ3n) is 3.94. The summed E-state index contributed by atoms with van der Waals surface area (Å²) in [5.74, 6) is 0.882. The third kappa shape index (κ3) is 4.82. The van der Waals surface area contributed by atoms with Gasteiger partial charge in [-0.2, -0.15) is 0 Å². The molecule has 0 amide bonds. The van der Waals surface area contributed by atoms with Crippen molar-refractivity contribution in [1.29, 1.82) is 0 Å². The SMILES string of the molecule is C=Cc1ccc(COCCOc2ccccc2-c2ccccc2)cc1. The van der Waals surface area contributed by atoms with Crippen molar-refractivity contribution in [3.63, 3.8) is 0 Å². The van der Waals surface area contributed by atoms with Crippen molar-refractivity contribution in [2.24, 2.45) is 0 Å². The molecule has 0 spiro atoms. The van der Waals surface area contributed by atoms with Crippen molar-refractivity contribution in [3.8, 4) is 16.9 Å². The molecule has 0 aliphatic carbocycles. The highest BCUT2D eigenvalue weighted by Crippen LogP contribution is 2.29. The second-order valence-corrected chi connectivity index (χ2v) is 5.71. The van der Waals surface area contributed by atoms with E-state index in [0.717, 1.165) is 28.0 Å². The summed E-state index contributed by atoms with van der Waals surface area (Å²) >= 11 is 0. The first-order valence-electron chi connectivity index (χ1n) is 8.43. The van der Waals surface area contributed by atoms with E-state index in [-0.39, 0.29) is 0 Å². The molecule has 0 N–H and O–H groups in total. The Kier molecular flexibility index (Phi) is 6.02. The fourth-order valence-corrected chi connectivity index (χ4v) is 2.60. The Hall–Kier alpha value is -2.84. The van der Waals surface area contributed by atoms with Crippen LogP contribution < -0.4 is 4.74 Å². The minimum absolute atomic E-state index is 0.522. The van der Waals surface area contributed by atoms with Crippen LogP contribution in [0.5, 0.6) is 5.75 Å². The Bertz CT molecular complexity index is 792. The van der Waals surface area contributed by atoms with E-state index in [4.69, 9.17) is 9.47 Å². The van der Waals surface area contributed by atoms with E-state index in [1.807, 2.05) is 54.6 Å². The summed E-state index contributed by atoms with van der Waals surface area (Å²) in [6, 6.07) is 26.5. The number of rotatable bonds is 8. The topological polar surface area (TPSA) is 18.5 Å². The second-order valence-electron chi connectivity index (χ2n) is 5.71. The monoisotopic (exact) mass is 330 g/mol. The van der Waals surface area contributed by atoms with E-state index in [0.29, 0.717) is 19.8 Å². The van der Waals surface area contributed by atoms with E-state index in [9.17, 15) is 0 Å². The maximum absolute atomic E-state index is 5.93. The van der Waals surface area contributed by atoms with Gasteiger partial charge in [-0.1, -0.05) is 85.5 Å². The predicted octanol–water partition coefficient (Wildman–Crippen LogP) is 5.59. The van der Waals surface area contributed by atoms with Gasteiger partial charge in [-0.3, -0.25) is 0 Å². The minimum atomic E-state index is 0.522. The standard InChI is InChI=1S/C23H22O2/c1-2-19-12-14-20(15-13-19)18-24-16-17-25-23-11-7-6-10-22(23)21-8-4-3-5-9-21/h2-15H,1,16-18H2. The quantitative estimate of drug-likeness (QED) is 0.501. The van der Waals surface area contributed by atoms with Crippen molar-refractivity contribution in [2.45, 2.75) is 6.61 Å². The summed E-state index contributed by atoms with van der Waals surface area (Å²) in [6.07, 6.45) is 1.84. The molecule has 126 valence electrons. The van der Waals surface area contributed by atoms with E-state index in [1.165, 1.54) is 0 Å². The van der Waals surface area contributed by atoms with E-state index in [1.54, 1.807) is 0 Å². The first kappa shape index (κ1) is 17.0. The van der Waals surface area contributed by atoms with Crippen LogP contribution in [0, 0.1) is 0 Å². The zero-order valence-electron chi connectivity index (χ0n) is 14.2. The van der Waals surface area contributed by atoms with Gasteiger partial charge in [0.25, 0.3) is 0 Å². The van der Waals surface area contributed by atoms with Crippen LogP contribution in [0.2, 0.25) is 0 Å². The van der Waals surface area contributed by atoms with Crippen LogP contribution in [0.3, 0.4) is 0 Å². The average Bonchev–Trinajstić information content (AvgIpc) is 2.69. The predicted molar refractivity (Wildman–Crippen MR) is 104 cm³/mol. The van der Waals surface area contributed by atoms with Crippen LogP contribution in [-0.2, 0) is 11.3 Å². The van der Waals surface area contributed by atoms with Crippen molar-refractivity contribution in [3.05, 3.63) is 96.6 Å². The van der Waals surface area contributed by atoms with Gasteiger partial charge in [0.05, 0.1) is 13.2 Å². The first-order valence-corrected chi connectivity index (χ1v) is 8.43. The number of ether oxygens (including phenoxy) is 2. The fraction of sp³-hybridized carbons (Fsp3) is 0.130.